The lowest BCUT2D eigenvalue weighted by Crippen LogP contribution is -2.13. The van der Waals surface area contributed by atoms with Gasteiger partial charge in [0.2, 0.25) is 0 Å². The predicted molar refractivity (Wildman–Crippen MR) is 115 cm³/mol. The molecule has 0 unspecified atom stereocenters. The van der Waals surface area contributed by atoms with Crippen molar-refractivity contribution < 1.29 is 0 Å². The van der Waals surface area contributed by atoms with E-state index in [0.717, 1.165) is 11.8 Å². The Morgan fingerprint density at radius 2 is 1.27 bits per heavy atom. The fourth-order valence-corrected chi connectivity index (χ4v) is 4.82. The van der Waals surface area contributed by atoms with E-state index in [1.54, 1.807) is 0 Å². The smallest absolute Gasteiger partial charge is 0.0125 e. The van der Waals surface area contributed by atoms with Crippen molar-refractivity contribution in [2.75, 3.05) is 0 Å². The topological polar surface area (TPSA) is 0 Å². The largest absolute Gasteiger partial charge is 0.0625 e. The molecule has 1 fully saturated rings. The summed E-state index contributed by atoms with van der Waals surface area (Å²) in [6.45, 7) is 13.7. The SMILES string of the molecule is Cc1cc(-c2c(C)cc(CCC3CCC(C)CC3)cc2C)cc(C)c1C. The Labute approximate surface area is 161 Å². The van der Waals surface area contributed by atoms with Crippen LogP contribution in [-0.2, 0) is 6.42 Å². The van der Waals surface area contributed by atoms with Crippen molar-refractivity contribution in [3.05, 3.63) is 57.6 Å². The molecule has 26 heavy (non-hydrogen) atoms. The highest BCUT2D eigenvalue weighted by molar-refractivity contribution is 5.73. The predicted octanol–water partition coefficient (Wildman–Crippen LogP) is 7.65. The van der Waals surface area contributed by atoms with Crippen LogP contribution in [-0.4, -0.2) is 0 Å². The van der Waals surface area contributed by atoms with E-state index in [-0.39, 0.29) is 0 Å². The van der Waals surface area contributed by atoms with Gasteiger partial charge in [0.05, 0.1) is 0 Å². The Kier molecular flexibility index (Phi) is 5.90. The summed E-state index contributed by atoms with van der Waals surface area (Å²) in [5.74, 6) is 1.91. The van der Waals surface area contributed by atoms with Crippen LogP contribution >= 0.6 is 0 Å². The minimum absolute atomic E-state index is 0.953. The van der Waals surface area contributed by atoms with E-state index >= 15 is 0 Å². The zero-order valence-corrected chi connectivity index (χ0v) is 17.7. The zero-order chi connectivity index (χ0) is 18.8. The van der Waals surface area contributed by atoms with Crippen molar-refractivity contribution in [2.24, 2.45) is 11.8 Å². The average molecular weight is 349 g/mol. The van der Waals surface area contributed by atoms with Gasteiger partial charge in [0, 0.05) is 0 Å². The van der Waals surface area contributed by atoms with Gasteiger partial charge in [0.25, 0.3) is 0 Å². The van der Waals surface area contributed by atoms with Crippen molar-refractivity contribution in [1.29, 1.82) is 0 Å². The van der Waals surface area contributed by atoms with Crippen molar-refractivity contribution >= 4 is 0 Å². The van der Waals surface area contributed by atoms with Crippen molar-refractivity contribution in [3.63, 3.8) is 0 Å². The maximum Gasteiger partial charge on any atom is -0.0125 e. The summed E-state index contributed by atoms with van der Waals surface area (Å²) < 4.78 is 0. The minimum atomic E-state index is 0.953. The quantitative estimate of drug-likeness (QED) is 0.532. The van der Waals surface area contributed by atoms with Gasteiger partial charge in [-0.3, -0.25) is 0 Å². The molecule has 0 spiro atoms. The molecule has 0 aromatic heterocycles. The summed E-state index contributed by atoms with van der Waals surface area (Å²) in [6.07, 6.45) is 8.38. The van der Waals surface area contributed by atoms with Gasteiger partial charge < -0.3 is 0 Å². The molecule has 2 aromatic carbocycles. The summed E-state index contributed by atoms with van der Waals surface area (Å²) >= 11 is 0. The first-order valence-electron chi connectivity index (χ1n) is 10.5. The second kappa shape index (κ2) is 7.99. The molecule has 1 aliphatic rings. The minimum Gasteiger partial charge on any atom is -0.0625 e. The van der Waals surface area contributed by atoms with Crippen LogP contribution < -0.4 is 0 Å². The van der Waals surface area contributed by atoms with Crippen molar-refractivity contribution in [2.45, 2.75) is 80.1 Å². The second-order valence-electron chi connectivity index (χ2n) is 9.00. The molecule has 0 radical (unpaired) electrons. The van der Waals surface area contributed by atoms with Gasteiger partial charge in [-0.05, 0) is 104 Å². The third kappa shape index (κ3) is 4.22. The summed E-state index contributed by atoms with van der Waals surface area (Å²) in [5, 5.41) is 0. The van der Waals surface area contributed by atoms with Gasteiger partial charge in [0.1, 0.15) is 0 Å². The highest BCUT2D eigenvalue weighted by Crippen LogP contribution is 2.34. The van der Waals surface area contributed by atoms with Crippen LogP contribution in [0, 0.1) is 46.5 Å². The second-order valence-corrected chi connectivity index (χ2v) is 9.00. The fourth-order valence-electron chi connectivity index (χ4n) is 4.82. The lowest BCUT2D eigenvalue weighted by atomic mass is 9.80. The summed E-state index contributed by atoms with van der Waals surface area (Å²) in [6, 6.07) is 9.61. The first-order valence-corrected chi connectivity index (χ1v) is 10.5. The molecule has 0 heterocycles. The molecule has 0 nitrogen and oxygen atoms in total. The fraction of sp³-hybridized carbons (Fsp3) is 0.538. The monoisotopic (exact) mass is 348 g/mol. The van der Waals surface area contributed by atoms with E-state index in [4.69, 9.17) is 0 Å². The number of hydrogen-bond acceptors (Lipinski definition) is 0. The van der Waals surface area contributed by atoms with E-state index in [0.29, 0.717) is 0 Å². The molecule has 0 aliphatic heterocycles. The van der Waals surface area contributed by atoms with Gasteiger partial charge in [-0.1, -0.05) is 56.9 Å². The van der Waals surface area contributed by atoms with Crippen molar-refractivity contribution in [3.8, 4) is 11.1 Å². The van der Waals surface area contributed by atoms with Crippen LogP contribution in [0.5, 0.6) is 0 Å². The molecule has 1 saturated carbocycles. The molecule has 0 N–H and O–H groups in total. The van der Waals surface area contributed by atoms with E-state index in [1.165, 1.54) is 83.0 Å². The van der Waals surface area contributed by atoms with Crippen LogP contribution in [0.4, 0.5) is 0 Å². The standard InChI is InChI=1S/C26H36/c1-17-7-9-23(10-8-17)11-12-24-13-20(4)26(21(5)14-24)25-15-18(2)22(6)19(3)16-25/h13-17,23H,7-12H2,1-6H3. The molecule has 1 aliphatic carbocycles. The third-order valence-electron chi connectivity index (χ3n) is 6.78. The number of aryl methyl sites for hydroxylation is 5. The van der Waals surface area contributed by atoms with E-state index < -0.39 is 0 Å². The third-order valence-corrected chi connectivity index (χ3v) is 6.78. The van der Waals surface area contributed by atoms with Crippen LogP contribution in [0.15, 0.2) is 24.3 Å². The molecule has 0 bridgehead atoms. The maximum absolute atomic E-state index is 2.44. The number of rotatable bonds is 4. The van der Waals surface area contributed by atoms with Gasteiger partial charge in [-0.25, -0.2) is 0 Å². The molecule has 0 saturated heterocycles. The van der Waals surface area contributed by atoms with Crippen LogP contribution in [0.1, 0.15) is 72.4 Å². The molecule has 0 amide bonds. The average Bonchev–Trinajstić information content (AvgIpc) is 2.58. The molecule has 3 rings (SSSR count). The highest BCUT2D eigenvalue weighted by atomic mass is 14.2. The van der Waals surface area contributed by atoms with Crippen LogP contribution in [0.2, 0.25) is 0 Å². The lowest BCUT2D eigenvalue weighted by molar-refractivity contribution is 0.278. The molecule has 2 aromatic rings. The Balaban J connectivity index is 1.78. The van der Waals surface area contributed by atoms with Crippen molar-refractivity contribution in [1.82, 2.24) is 0 Å². The van der Waals surface area contributed by atoms with Crippen LogP contribution in [0.3, 0.4) is 0 Å². The van der Waals surface area contributed by atoms with Gasteiger partial charge in [0.15, 0.2) is 0 Å². The lowest BCUT2D eigenvalue weighted by Gasteiger charge is -2.26. The summed E-state index contributed by atoms with van der Waals surface area (Å²) in [4.78, 5) is 0. The first-order chi connectivity index (χ1) is 12.3. The van der Waals surface area contributed by atoms with Gasteiger partial charge >= 0.3 is 0 Å². The summed E-state index contributed by atoms with van der Waals surface area (Å²) in [7, 11) is 0. The number of benzene rings is 2. The molecule has 140 valence electrons. The van der Waals surface area contributed by atoms with E-state index in [1.807, 2.05) is 0 Å². The normalized spacial score (nSPS) is 20.4. The van der Waals surface area contributed by atoms with E-state index in [2.05, 4.69) is 65.8 Å². The molecule has 0 atom stereocenters. The Morgan fingerprint density at radius 3 is 1.81 bits per heavy atom. The first kappa shape index (κ1) is 19.2. The Bertz CT molecular complexity index is 727. The zero-order valence-electron chi connectivity index (χ0n) is 17.7. The molecule has 0 heteroatoms. The van der Waals surface area contributed by atoms with E-state index in [9.17, 15) is 0 Å². The Morgan fingerprint density at radius 1 is 0.731 bits per heavy atom. The highest BCUT2D eigenvalue weighted by Gasteiger charge is 2.18. The van der Waals surface area contributed by atoms with Crippen LogP contribution in [0.25, 0.3) is 11.1 Å². The maximum atomic E-state index is 2.44. The Hall–Kier alpha value is -1.56. The number of hydrogen-bond donors (Lipinski definition) is 0. The van der Waals surface area contributed by atoms with Gasteiger partial charge in [-0.2, -0.15) is 0 Å². The molecular weight excluding hydrogens is 312 g/mol. The molecular formula is C26H36. The summed E-state index contributed by atoms with van der Waals surface area (Å²) in [5.41, 5.74) is 11.4. The van der Waals surface area contributed by atoms with Gasteiger partial charge in [-0.15, -0.1) is 0 Å².